The number of nitrogens with zero attached hydrogens (tertiary/aromatic N) is 1. The Labute approximate surface area is 213 Å². The van der Waals surface area contributed by atoms with E-state index < -0.39 is 18.0 Å². The monoisotopic (exact) mass is 505 g/mol. The van der Waals surface area contributed by atoms with E-state index >= 15 is 0 Å². The molecule has 3 rings (SSSR count). The van der Waals surface area contributed by atoms with Crippen molar-refractivity contribution in [3.8, 4) is 0 Å². The van der Waals surface area contributed by atoms with E-state index in [4.69, 9.17) is 4.43 Å². The summed E-state index contributed by atoms with van der Waals surface area (Å²) in [6.45, 7) is 8.87. The molecule has 0 amide bonds. The van der Waals surface area contributed by atoms with E-state index in [0.29, 0.717) is 0 Å². The highest BCUT2D eigenvalue weighted by atomic mass is 32.2. The van der Waals surface area contributed by atoms with Gasteiger partial charge in [-0.1, -0.05) is 105 Å². The van der Waals surface area contributed by atoms with E-state index in [9.17, 15) is 4.21 Å². The molecule has 1 unspecified atom stereocenters. The standard InChI is InChI=1S/C30H39NO2SSi/c1-6-35(7-2,8-3)33-30(27-20-14-10-15-21-27)29(26-18-12-9-13-19-26)25(4)24-34(32,31-5)28-22-16-11-17-23-28/h9-24,29-30H,6-8H2,1-5H3/b25-24+/t29-,30-,34?/m0/s1. The Morgan fingerprint density at radius 1 is 0.829 bits per heavy atom. The Kier molecular flexibility index (Phi) is 9.67. The fourth-order valence-electron chi connectivity index (χ4n) is 4.74. The van der Waals surface area contributed by atoms with Crippen LogP contribution < -0.4 is 0 Å². The largest absolute Gasteiger partial charge is 0.409 e. The van der Waals surface area contributed by atoms with Crippen LogP contribution in [0.4, 0.5) is 0 Å². The summed E-state index contributed by atoms with van der Waals surface area (Å²) in [5, 5.41) is 1.88. The number of rotatable bonds is 11. The Morgan fingerprint density at radius 3 is 1.74 bits per heavy atom. The van der Waals surface area contributed by atoms with E-state index in [2.05, 4.69) is 80.6 Å². The fourth-order valence-corrected chi connectivity index (χ4v) is 9.21. The lowest BCUT2D eigenvalue weighted by atomic mass is 9.84. The van der Waals surface area contributed by atoms with Crippen molar-refractivity contribution < 1.29 is 8.63 Å². The summed E-state index contributed by atoms with van der Waals surface area (Å²) in [5.41, 5.74) is 3.32. The molecule has 0 saturated heterocycles. The predicted octanol–water partition coefficient (Wildman–Crippen LogP) is 8.59. The first kappa shape index (κ1) is 27.1. The lowest BCUT2D eigenvalue weighted by Gasteiger charge is -2.38. The average Bonchev–Trinajstić information content (AvgIpc) is 2.92. The van der Waals surface area contributed by atoms with Gasteiger partial charge in [0.15, 0.2) is 8.32 Å². The van der Waals surface area contributed by atoms with Gasteiger partial charge in [0.05, 0.1) is 20.7 Å². The summed E-state index contributed by atoms with van der Waals surface area (Å²) in [5.74, 6) is -0.0820. The second-order valence-corrected chi connectivity index (χ2v) is 15.9. The van der Waals surface area contributed by atoms with Crippen molar-refractivity contribution in [1.29, 1.82) is 0 Å². The lowest BCUT2D eigenvalue weighted by molar-refractivity contribution is 0.170. The van der Waals surface area contributed by atoms with Crippen LogP contribution in [-0.4, -0.2) is 19.6 Å². The summed E-state index contributed by atoms with van der Waals surface area (Å²) in [7, 11) is -3.03. The average molecular weight is 506 g/mol. The molecule has 0 aliphatic heterocycles. The van der Waals surface area contributed by atoms with Gasteiger partial charge in [0.1, 0.15) is 0 Å². The van der Waals surface area contributed by atoms with Crippen LogP contribution in [0.3, 0.4) is 0 Å². The van der Waals surface area contributed by atoms with Crippen LogP contribution in [0.2, 0.25) is 18.1 Å². The highest BCUT2D eigenvalue weighted by molar-refractivity contribution is 7.96. The Bertz CT molecular complexity index is 1190. The van der Waals surface area contributed by atoms with Crippen LogP contribution >= 0.6 is 0 Å². The Balaban J connectivity index is 2.22. The molecule has 0 aromatic heterocycles. The minimum Gasteiger partial charge on any atom is -0.409 e. The van der Waals surface area contributed by atoms with Crippen molar-refractivity contribution in [1.82, 2.24) is 0 Å². The minimum absolute atomic E-state index is 0.0820. The quantitative estimate of drug-likeness (QED) is 0.245. The SMILES string of the molecule is CC[Si](CC)(CC)O[C@@H](c1ccccc1)[C@@H](/C(C)=C/S(=O)(=NC)c1ccccc1)c1ccccc1. The maximum atomic E-state index is 14.0. The van der Waals surface area contributed by atoms with Gasteiger partial charge in [0.2, 0.25) is 0 Å². The van der Waals surface area contributed by atoms with Gasteiger partial charge in [0, 0.05) is 18.4 Å². The number of hydrogen-bond donors (Lipinski definition) is 0. The van der Waals surface area contributed by atoms with Gasteiger partial charge in [-0.15, -0.1) is 0 Å². The maximum Gasteiger partial charge on any atom is 0.192 e. The number of benzene rings is 3. The molecule has 3 aromatic carbocycles. The van der Waals surface area contributed by atoms with Crippen LogP contribution in [0, 0.1) is 0 Å². The molecule has 3 aromatic rings. The van der Waals surface area contributed by atoms with Gasteiger partial charge >= 0.3 is 0 Å². The Morgan fingerprint density at radius 2 is 1.29 bits per heavy atom. The summed E-state index contributed by atoms with van der Waals surface area (Å²) in [6.07, 6.45) is -0.169. The van der Waals surface area contributed by atoms with Crippen molar-refractivity contribution in [3.05, 3.63) is 113 Å². The van der Waals surface area contributed by atoms with E-state index in [1.54, 1.807) is 7.05 Å². The Hall–Kier alpha value is -2.47. The molecule has 0 spiro atoms. The second-order valence-electron chi connectivity index (χ2n) is 9.01. The third kappa shape index (κ3) is 6.40. The minimum atomic E-state index is -2.72. The molecule has 0 radical (unpaired) electrons. The molecule has 0 aliphatic carbocycles. The summed E-state index contributed by atoms with van der Waals surface area (Å²) in [6, 6.07) is 33.8. The molecule has 0 bridgehead atoms. The third-order valence-corrected chi connectivity index (χ3v) is 13.9. The van der Waals surface area contributed by atoms with E-state index in [0.717, 1.165) is 39.7 Å². The second kappa shape index (κ2) is 12.5. The van der Waals surface area contributed by atoms with Crippen molar-refractivity contribution in [2.24, 2.45) is 4.36 Å². The maximum absolute atomic E-state index is 14.0. The predicted molar refractivity (Wildman–Crippen MR) is 152 cm³/mol. The highest BCUT2D eigenvalue weighted by Crippen LogP contribution is 2.43. The molecule has 3 atom stereocenters. The van der Waals surface area contributed by atoms with Crippen LogP contribution in [0.25, 0.3) is 0 Å². The summed E-state index contributed by atoms with van der Waals surface area (Å²) in [4.78, 5) is 0.727. The fraction of sp³-hybridized carbons (Fsp3) is 0.333. The van der Waals surface area contributed by atoms with Crippen LogP contribution in [0.1, 0.15) is 50.8 Å². The van der Waals surface area contributed by atoms with Gasteiger partial charge in [0.25, 0.3) is 0 Å². The highest BCUT2D eigenvalue weighted by Gasteiger charge is 2.37. The zero-order valence-corrected chi connectivity index (χ0v) is 23.5. The van der Waals surface area contributed by atoms with Crippen molar-refractivity contribution in [2.45, 2.75) is 62.7 Å². The van der Waals surface area contributed by atoms with Crippen molar-refractivity contribution >= 4 is 18.0 Å². The van der Waals surface area contributed by atoms with Crippen molar-refractivity contribution in [3.63, 3.8) is 0 Å². The number of hydrogen-bond acceptors (Lipinski definition) is 3. The molecule has 0 aliphatic rings. The molecule has 0 N–H and O–H groups in total. The molecule has 186 valence electrons. The third-order valence-electron chi connectivity index (χ3n) is 7.09. The normalized spacial score (nSPS) is 15.7. The molecule has 0 heterocycles. The van der Waals surface area contributed by atoms with Gasteiger partial charge < -0.3 is 4.43 Å². The molecule has 0 saturated carbocycles. The first-order valence-corrected chi connectivity index (χ1v) is 16.7. The molecule has 3 nitrogen and oxygen atoms in total. The lowest BCUT2D eigenvalue weighted by Crippen LogP contribution is -2.39. The van der Waals surface area contributed by atoms with E-state index in [1.165, 1.54) is 0 Å². The van der Waals surface area contributed by atoms with Gasteiger partial charge in [-0.2, -0.15) is 0 Å². The van der Waals surface area contributed by atoms with Crippen LogP contribution in [-0.2, 0) is 14.2 Å². The van der Waals surface area contributed by atoms with E-state index in [-0.39, 0.29) is 12.0 Å². The molecular weight excluding hydrogens is 466 g/mol. The molecule has 0 fully saturated rings. The first-order valence-electron chi connectivity index (χ1n) is 12.6. The molecule has 5 heteroatoms. The molecule has 35 heavy (non-hydrogen) atoms. The van der Waals surface area contributed by atoms with Crippen molar-refractivity contribution in [2.75, 3.05) is 7.05 Å². The van der Waals surface area contributed by atoms with Crippen LogP contribution in [0.5, 0.6) is 0 Å². The smallest absolute Gasteiger partial charge is 0.192 e. The van der Waals surface area contributed by atoms with E-state index in [1.807, 2.05) is 47.9 Å². The summed E-state index contributed by atoms with van der Waals surface area (Å²) >= 11 is 0. The molecular formula is C30H39NO2SSi. The zero-order valence-electron chi connectivity index (χ0n) is 21.7. The topological polar surface area (TPSA) is 38.7 Å². The van der Waals surface area contributed by atoms with Crippen LogP contribution in [0.15, 0.2) is 111 Å². The van der Waals surface area contributed by atoms with Gasteiger partial charge in [-0.3, -0.25) is 0 Å². The summed E-state index contributed by atoms with van der Waals surface area (Å²) < 4.78 is 25.7. The zero-order chi connectivity index (χ0) is 25.3. The van der Waals surface area contributed by atoms with Gasteiger partial charge in [-0.25, -0.2) is 8.57 Å². The first-order chi connectivity index (χ1) is 16.9. The van der Waals surface area contributed by atoms with Gasteiger partial charge in [-0.05, 0) is 48.3 Å².